The smallest absolute Gasteiger partial charge is 0.243 e. The molecule has 27 heavy (non-hydrogen) atoms. The van der Waals surface area contributed by atoms with Crippen LogP contribution in [0.25, 0.3) is 0 Å². The largest absolute Gasteiger partial charge is 0.356 e. The van der Waals surface area contributed by atoms with Crippen LogP contribution in [0.2, 0.25) is 0 Å². The molecule has 0 radical (unpaired) electrons. The van der Waals surface area contributed by atoms with Crippen molar-refractivity contribution in [2.45, 2.75) is 49.5 Å². The Labute approximate surface area is 180 Å². The predicted octanol–water partition coefficient (Wildman–Crippen LogP) is 2.81. The molecule has 1 saturated heterocycles. The van der Waals surface area contributed by atoms with Crippen LogP contribution in [0.4, 0.5) is 0 Å². The summed E-state index contributed by atoms with van der Waals surface area (Å²) in [7, 11) is -1.56. The zero-order valence-electron chi connectivity index (χ0n) is 15.9. The van der Waals surface area contributed by atoms with Crippen LogP contribution < -0.4 is 10.6 Å². The normalized spacial score (nSPS) is 20.3. The van der Waals surface area contributed by atoms with Crippen LogP contribution in [-0.4, -0.2) is 51.4 Å². The molecule has 0 spiro atoms. The minimum absolute atomic E-state index is 0. The van der Waals surface area contributed by atoms with Gasteiger partial charge >= 0.3 is 0 Å². The Morgan fingerprint density at radius 2 is 1.74 bits per heavy atom. The molecule has 6 nitrogen and oxygen atoms in total. The third-order valence-corrected chi connectivity index (χ3v) is 7.35. The van der Waals surface area contributed by atoms with Gasteiger partial charge in [-0.3, -0.25) is 4.99 Å². The number of hydrogen-bond acceptors (Lipinski definition) is 3. The maximum atomic E-state index is 12.7. The van der Waals surface area contributed by atoms with Crippen LogP contribution in [0, 0.1) is 5.92 Å². The Kier molecular flexibility index (Phi) is 8.81. The van der Waals surface area contributed by atoms with Crippen molar-refractivity contribution >= 4 is 40.0 Å². The summed E-state index contributed by atoms with van der Waals surface area (Å²) in [6.07, 6.45) is 6.78. The van der Waals surface area contributed by atoms with Gasteiger partial charge in [0.05, 0.1) is 4.90 Å². The van der Waals surface area contributed by atoms with Crippen molar-refractivity contribution in [2.24, 2.45) is 10.9 Å². The molecule has 1 aliphatic heterocycles. The summed E-state index contributed by atoms with van der Waals surface area (Å²) < 4.78 is 27.0. The molecule has 0 unspecified atom stereocenters. The number of halogens is 1. The quantitative estimate of drug-likeness (QED) is 0.366. The molecule has 0 aromatic heterocycles. The van der Waals surface area contributed by atoms with Crippen molar-refractivity contribution in [3.63, 3.8) is 0 Å². The first-order chi connectivity index (χ1) is 12.6. The van der Waals surface area contributed by atoms with Crippen LogP contribution in [0.15, 0.2) is 40.2 Å². The molecular formula is C19H31IN4O2S. The van der Waals surface area contributed by atoms with Gasteiger partial charge < -0.3 is 10.6 Å². The second-order valence-corrected chi connectivity index (χ2v) is 9.18. The van der Waals surface area contributed by atoms with E-state index in [9.17, 15) is 8.42 Å². The highest BCUT2D eigenvalue weighted by Gasteiger charge is 2.29. The van der Waals surface area contributed by atoms with E-state index in [4.69, 9.17) is 0 Å². The van der Waals surface area contributed by atoms with Gasteiger partial charge in [-0.25, -0.2) is 8.42 Å². The van der Waals surface area contributed by atoms with Crippen LogP contribution in [0.1, 0.15) is 38.5 Å². The van der Waals surface area contributed by atoms with Gasteiger partial charge in [0.15, 0.2) is 5.96 Å². The molecule has 152 valence electrons. The topological polar surface area (TPSA) is 73.8 Å². The number of piperidine rings is 1. The third kappa shape index (κ3) is 6.05. The second-order valence-electron chi connectivity index (χ2n) is 7.24. The molecule has 2 fully saturated rings. The Bertz CT molecular complexity index is 698. The van der Waals surface area contributed by atoms with Crippen molar-refractivity contribution in [1.29, 1.82) is 0 Å². The van der Waals surface area contributed by atoms with Gasteiger partial charge in [0, 0.05) is 32.7 Å². The summed E-state index contributed by atoms with van der Waals surface area (Å²) >= 11 is 0. The maximum Gasteiger partial charge on any atom is 0.243 e. The fourth-order valence-corrected chi connectivity index (χ4v) is 5.29. The molecule has 8 heteroatoms. The van der Waals surface area contributed by atoms with Crippen molar-refractivity contribution in [3.8, 4) is 0 Å². The van der Waals surface area contributed by atoms with Gasteiger partial charge in [-0.05, 0) is 43.7 Å². The summed E-state index contributed by atoms with van der Waals surface area (Å²) in [4.78, 5) is 4.70. The molecule has 3 rings (SSSR count). The second kappa shape index (κ2) is 10.6. The molecule has 0 amide bonds. The average molecular weight is 506 g/mol. The third-order valence-electron chi connectivity index (χ3n) is 5.43. The van der Waals surface area contributed by atoms with Gasteiger partial charge in [-0.2, -0.15) is 4.31 Å². The Morgan fingerprint density at radius 1 is 1.11 bits per heavy atom. The molecule has 0 bridgehead atoms. The summed E-state index contributed by atoms with van der Waals surface area (Å²) in [5.74, 6) is 1.34. The molecule has 1 aromatic rings. The summed E-state index contributed by atoms with van der Waals surface area (Å²) in [6.45, 7) is 2.00. The molecule has 2 N–H and O–H groups in total. The van der Waals surface area contributed by atoms with Crippen LogP contribution in [-0.2, 0) is 10.0 Å². The number of benzene rings is 1. The van der Waals surface area contributed by atoms with Gasteiger partial charge in [0.2, 0.25) is 10.0 Å². The van der Waals surface area contributed by atoms with Crippen molar-refractivity contribution in [1.82, 2.24) is 14.9 Å². The van der Waals surface area contributed by atoms with E-state index in [1.54, 1.807) is 35.6 Å². The number of sulfonamides is 1. The van der Waals surface area contributed by atoms with Crippen LogP contribution in [0.3, 0.4) is 0 Å². The van der Waals surface area contributed by atoms with E-state index in [2.05, 4.69) is 15.6 Å². The highest BCUT2D eigenvalue weighted by molar-refractivity contribution is 14.0. The first-order valence-electron chi connectivity index (χ1n) is 9.62. The molecule has 1 aliphatic carbocycles. The highest BCUT2D eigenvalue weighted by Crippen LogP contribution is 2.23. The molecule has 0 atom stereocenters. The predicted molar refractivity (Wildman–Crippen MR) is 120 cm³/mol. The van der Waals surface area contributed by atoms with Gasteiger partial charge in [-0.1, -0.05) is 31.0 Å². The lowest BCUT2D eigenvalue weighted by atomic mass is 9.98. The lowest BCUT2D eigenvalue weighted by Gasteiger charge is -2.31. The Balaban J connectivity index is 0.00000261. The molecule has 1 aromatic carbocycles. The van der Waals surface area contributed by atoms with E-state index in [1.165, 1.54) is 25.7 Å². The number of nitrogens with one attached hydrogen (secondary N) is 2. The van der Waals surface area contributed by atoms with Crippen molar-refractivity contribution in [3.05, 3.63) is 30.3 Å². The van der Waals surface area contributed by atoms with Crippen LogP contribution >= 0.6 is 24.0 Å². The fourth-order valence-electron chi connectivity index (χ4n) is 3.79. The minimum Gasteiger partial charge on any atom is -0.356 e. The molecule has 1 heterocycles. The number of hydrogen-bond donors (Lipinski definition) is 2. The Hall–Kier alpha value is -0.870. The van der Waals surface area contributed by atoms with E-state index < -0.39 is 10.0 Å². The van der Waals surface area contributed by atoms with E-state index in [1.807, 2.05) is 6.07 Å². The van der Waals surface area contributed by atoms with Gasteiger partial charge in [0.1, 0.15) is 0 Å². The molecule has 1 saturated carbocycles. The maximum absolute atomic E-state index is 12.7. The van der Waals surface area contributed by atoms with Gasteiger partial charge in [0.25, 0.3) is 0 Å². The fraction of sp³-hybridized carbons (Fsp3) is 0.632. The summed E-state index contributed by atoms with van der Waals surface area (Å²) in [6, 6.07) is 9.25. The van der Waals surface area contributed by atoms with Crippen LogP contribution in [0.5, 0.6) is 0 Å². The SMILES string of the molecule is CN=C(NCC1CCN(S(=O)(=O)c2ccccc2)CC1)NC1CCCC1.I. The number of guanidine groups is 1. The van der Waals surface area contributed by atoms with Crippen molar-refractivity contribution in [2.75, 3.05) is 26.7 Å². The first-order valence-corrected chi connectivity index (χ1v) is 11.1. The monoisotopic (exact) mass is 506 g/mol. The van der Waals surface area contributed by atoms with E-state index >= 15 is 0 Å². The molecule has 2 aliphatic rings. The number of nitrogens with zero attached hydrogens (tertiary/aromatic N) is 2. The van der Waals surface area contributed by atoms with E-state index in [0.717, 1.165) is 25.3 Å². The Morgan fingerprint density at radius 3 is 2.33 bits per heavy atom. The summed E-state index contributed by atoms with van der Waals surface area (Å²) in [5, 5.41) is 6.91. The minimum atomic E-state index is -3.36. The standard InChI is InChI=1S/C19H30N4O2S.HI/c1-20-19(22-17-7-5-6-8-17)21-15-16-11-13-23(14-12-16)26(24,25)18-9-3-2-4-10-18;/h2-4,9-10,16-17H,5-8,11-15H2,1H3,(H2,20,21,22);1H. The highest BCUT2D eigenvalue weighted by atomic mass is 127. The van der Waals surface area contributed by atoms with E-state index in [-0.39, 0.29) is 24.0 Å². The zero-order chi connectivity index (χ0) is 18.4. The van der Waals surface area contributed by atoms with Crippen molar-refractivity contribution < 1.29 is 8.42 Å². The lowest BCUT2D eigenvalue weighted by molar-refractivity contribution is 0.273. The zero-order valence-corrected chi connectivity index (χ0v) is 19.1. The number of rotatable bonds is 5. The lowest BCUT2D eigenvalue weighted by Crippen LogP contribution is -2.46. The van der Waals surface area contributed by atoms with Gasteiger partial charge in [-0.15, -0.1) is 24.0 Å². The first kappa shape index (κ1) is 22.4. The summed E-state index contributed by atoms with van der Waals surface area (Å²) in [5.41, 5.74) is 0. The van der Waals surface area contributed by atoms with E-state index in [0.29, 0.717) is 29.9 Å². The average Bonchev–Trinajstić information content (AvgIpc) is 3.19. The molecular weight excluding hydrogens is 475 g/mol. The number of aliphatic imine (C=N–C) groups is 1.